The predicted octanol–water partition coefficient (Wildman–Crippen LogP) is 4.36. The highest BCUT2D eigenvalue weighted by Crippen LogP contribution is 2.44. The van der Waals surface area contributed by atoms with Gasteiger partial charge in [0.15, 0.2) is 0 Å². The van der Waals surface area contributed by atoms with Crippen molar-refractivity contribution in [1.29, 1.82) is 0 Å². The van der Waals surface area contributed by atoms with Crippen LogP contribution in [-0.2, 0) is 0 Å². The molecule has 2 N–H and O–H groups in total. The van der Waals surface area contributed by atoms with Crippen LogP contribution >= 0.6 is 15.9 Å². The number of anilines is 1. The van der Waals surface area contributed by atoms with Crippen molar-refractivity contribution in [3.05, 3.63) is 28.5 Å². The molecule has 0 amide bonds. The van der Waals surface area contributed by atoms with Crippen molar-refractivity contribution in [3.8, 4) is 17.0 Å². The minimum absolute atomic E-state index is 0.347. The maximum absolute atomic E-state index is 6.42. The molecule has 0 saturated heterocycles. The summed E-state index contributed by atoms with van der Waals surface area (Å²) in [6, 6.07) is 6.42. The van der Waals surface area contributed by atoms with Gasteiger partial charge in [0.1, 0.15) is 23.1 Å². The second kappa shape index (κ2) is 5.37. The summed E-state index contributed by atoms with van der Waals surface area (Å²) in [5.41, 5.74) is 8.18. The number of halogens is 1. The molecule has 1 fully saturated rings. The number of nitrogen functional groups attached to an aromatic ring is 1. The number of ether oxygens (including phenoxy) is 1. The smallest absolute Gasteiger partial charge is 0.132 e. The molecule has 0 aliphatic heterocycles. The van der Waals surface area contributed by atoms with Crippen LogP contribution < -0.4 is 10.5 Å². The molecule has 0 bridgehead atoms. The van der Waals surface area contributed by atoms with Gasteiger partial charge in [-0.3, -0.25) is 0 Å². The summed E-state index contributed by atoms with van der Waals surface area (Å²) >= 11 is 3.51. The summed E-state index contributed by atoms with van der Waals surface area (Å²) in [6.45, 7) is 4.31. The van der Waals surface area contributed by atoms with E-state index >= 15 is 0 Å². The fraction of sp³-hybridized carbons (Fsp3) is 0.438. The number of imidazole rings is 1. The Balaban J connectivity index is 2.19. The normalized spacial score (nSPS) is 14.7. The van der Waals surface area contributed by atoms with Gasteiger partial charge >= 0.3 is 0 Å². The van der Waals surface area contributed by atoms with E-state index in [0.717, 1.165) is 33.1 Å². The van der Waals surface area contributed by atoms with Gasteiger partial charge < -0.3 is 15.0 Å². The van der Waals surface area contributed by atoms with E-state index in [1.807, 2.05) is 18.2 Å². The standard InChI is InChI=1S/C16H20BrN3O/c1-9(2)16-19-14(15(18)20(16)11-5-6-11)12-8-10(17)4-7-13(12)21-3/h4,7-9,11H,5-6,18H2,1-3H3. The molecule has 0 atom stereocenters. The molecular formula is C16H20BrN3O. The number of hydrogen-bond donors (Lipinski definition) is 1. The number of hydrogen-bond acceptors (Lipinski definition) is 3. The van der Waals surface area contributed by atoms with E-state index in [2.05, 4.69) is 34.3 Å². The molecule has 3 rings (SSSR count). The van der Waals surface area contributed by atoms with Crippen LogP contribution in [0.25, 0.3) is 11.3 Å². The van der Waals surface area contributed by atoms with Crippen LogP contribution in [0.5, 0.6) is 5.75 Å². The highest BCUT2D eigenvalue weighted by Gasteiger charge is 2.31. The number of nitrogens with two attached hydrogens (primary N) is 1. The minimum Gasteiger partial charge on any atom is -0.496 e. The lowest BCUT2D eigenvalue weighted by Crippen LogP contribution is -2.06. The zero-order valence-corrected chi connectivity index (χ0v) is 14.1. The van der Waals surface area contributed by atoms with Crippen LogP contribution in [-0.4, -0.2) is 16.7 Å². The maximum atomic E-state index is 6.42. The van der Waals surface area contributed by atoms with Crippen molar-refractivity contribution in [3.63, 3.8) is 0 Å². The Morgan fingerprint density at radius 1 is 1.38 bits per heavy atom. The second-order valence-corrected chi connectivity index (χ2v) is 6.72. The second-order valence-electron chi connectivity index (χ2n) is 5.80. The van der Waals surface area contributed by atoms with Gasteiger partial charge in [-0.05, 0) is 31.0 Å². The Kier molecular flexibility index (Phi) is 3.69. The zero-order chi connectivity index (χ0) is 15.1. The first kappa shape index (κ1) is 14.4. The first-order valence-corrected chi connectivity index (χ1v) is 8.03. The average molecular weight is 350 g/mol. The van der Waals surface area contributed by atoms with Gasteiger partial charge in [0.25, 0.3) is 0 Å². The number of methoxy groups -OCH3 is 1. The topological polar surface area (TPSA) is 53.1 Å². The van der Waals surface area contributed by atoms with E-state index in [1.165, 1.54) is 12.8 Å². The number of rotatable bonds is 4. The lowest BCUT2D eigenvalue weighted by atomic mass is 10.1. The van der Waals surface area contributed by atoms with Crippen LogP contribution in [0, 0.1) is 0 Å². The molecule has 112 valence electrons. The van der Waals surface area contributed by atoms with Gasteiger partial charge in [-0.1, -0.05) is 29.8 Å². The molecule has 1 aromatic heterocycles. The van der Waals surface area contributed by atoms with E-state index in [0.29, 0.717) is 12.0 Å². The van der Waals surface area contributed by atoms with E-state index in [-0.39, 0.29) is 0 Å². The molecule has 0 radical (unpaired) electrons. The van der Waals surface area contributed by atoms with Gasteiger partial charge in [0.2, 0.25) is 0 Å². The molecule has 1 aromatic carbocycles. The van der Waals surface area contributed by atoms with Crippen molar-refractivity contribution in [2.24, 2.45) is 0 Å². The van der Waals surface area contributed by atoms with E-state index in [9.17, 15) is 0 Å². The number of benzene rings is 1. The molecular weight excluding hydrogens is 330 g/mol. The van der Waals surface area contributed by atoms with Crippen LogP contribution in [0.1, 0.15) is 44.5 Å². The van der Waals surface area contributed by atoms with Crippen LogP contribution in [0.4, 0.5) is 5.82 Å². The van der Waals surface area contributed by atoms with Crippen LogP contribution in [0.3, 0.4) is 0 Å². The molecule has 0 spiro atoms. The van der Waals surface area contributed by atoms with Gasteiger partial charge in [0.05, 0.1) is 7.11 Å². The molecule has 1 heterocycles. The van der Waals surface area contributed by atoms with Gasteiger partial charge in [-0.25, -0.2) is 4.98 Å². The van der Waals surface area contributed by atoms with Crippen LogP contribution in [0.15, 0.2) is 22.7 Å². The largest absolute Gasteiger partial charge is 0.496 e. The Morgan fingerprint density at radius 2 is 2.10 bits per heavy atom. The Morgan fingerprint density at radius 3 is 2.67 bits per heavy atom. The lowest BCUT2D eigenvalue weighted by molar-refractivity contribution is 0.416. The summed E-state index contributed by atoms with van der Waals surface area (Å²) in [4.78, 5) is 4.83. The fourth-order valence-corrected chi connectivity index (χ4v) is 3.01. The van der Waals surface area contributed by atoms with Crippen molar-refractivity contribution in [2.75, 3.05) is 12.8 Å². The third kappa shape index (κ3) is 2.55. The number of nitrogens with zero attached hydrogens (tertiary/aromatic N) is 2. The third-order valence-electron chi connectivity index (χ3n) is 3.82. The van der Waals surface area contributed by atoms with E-state index in [1.54, 1.807) is 7.11 Å². The quantitative estimate of drug-likeness (QED) is 0.891. The summed E-state index contributed by atoms with van der Waals surface area (Å²) in [5, 5.41) is 0. The summed E-state index contributed by atoms with van der Waals surface area (Å²) in [7, 11) is 1.67. The molecule has 1 aliphatic rings. The lowest BCUT2D eigenvalue weighted by Gasteiger charge is -2.10. The first-order valence-electron chi connectivity index (χ1n) is 7.24. The van der Waals surface area contributed by atoms with Crippen molar-refractivity contribution < 1.29 is 4.74 Å². The Labute approximate surface area is 133 Å². The summed E-state index contributed by atoms with van der Waals surface area (Å²) < 4.78 is 8.67. The predicted molar refractivity (Wildman–Crippen MR) is 88.7 cm³/mol. The molecule has 1 saturated carbocycles. The monoisotopic (exact) mass is 349 g/mol. The SMILES string of the molecule is COc1ccc(Br)cc1-c1nc(C(C)C)n(C2CC2)c1N. The third-order valence-corrected chi connectivity index (χ3v) is 4.31. The van der Waals surface area contributed by atoms with Crippen LogP contribution in [0.2, 0.25) is 0 Å². The summed E-state index contributed by atoms with van der Waals surface area (Å²) in [5.74, 6) is 2.95. The zero-order valence-electron chi connectivity index (χ0n) is 12.6. The maximum Gasteiger partial charge on any atom is 0.132 e. The fourth-order valence-electron chi connectivity index (χ4n) is 2.65. The van der Waals surface area contributed by atoms with Crippen molar-refractivity contribution >= 4 is 21.7 Å². The highest BCUT2D eigenvalue weighted by atomic mass is 79.9. The molecule has 0 unspecified atom stereocenters. The molecule has 21 heavy (non-hydrogen) atoms. The first-order chi connectivity index (χ1) is 10.0. The van der Waals surface area contributed by atoms with Gasteiger partial charge in [-0.2, -0.15) is 0 Å². The summed E-state index contributed by atoms with van der Waals surface area (Å²) in [6.07, 6.45) is 2.38. The van der Waals surface area contributed by atoms with Crippen molar-refractivity contribution in [1.82, 2.24) is 9.55 Å². The molecule has 2 aromatic rings. The average Bonchev–Trinajstić information content (AvgIpc) is 3.22. The Hall–Kier alpha value is -1.49. The van der Waals surface area contributed by atoms with Gasteiger partial charge in [-0.15, -0.1) is 0 Å². The highest BCUT2D eigenvalue weighted by molar-refractivity contribution is 9.10. The molecule has 1 aliphatic carbocycles. The molecule has 5 heteroatoms. The molecule has 4 nitrogen and oxygen atoms in total. The van der Waals surface area contributed by atoms with E-state index < -0.39 is 0 Å². The number of aromatic nitrogens is 2. The minimum atomic E-state index is 0.347. The van der Waals surface area contributed by atoms with Crippen molar-refractivity contribution in [2.45, 2.75) is 38.6 Å². The van der Waals surface area contributed by atoms with Gasteiger partial charge in [0, 0.05) is 22.0 Å². The Bertz CT molecular complexity index is 674. The van der Waals surface area contributed by atoms with E-state index in [4.69, 9.17) is 15.5 Å².